The van der Waals surface area contributed by atoms with E-state index in [1.807, 2.05) is 18.7 Å². The monoisotopic (exact) mass is 236 g/mol. The fourth-order valence-electron chi connectivity index (χ4n) is 2.16. The number of piperidine rings is 1. The van der Waals surface area contributed by atoms with Crippen LogP contribution in [-0.2, 0) is 0 Å². The molecule has 0 aliphatic carbocycles. The van der Waals surface area contributed by atoms with E-state index in [0.29, 0.717) is 11.9 Å². The second kappa shape index (κ2) is 4.85. The summed E-state index contributed by atoms with van der Waals surface area (Å²) < 4.78 is 0. The molecule has 0 bridgehead atoms. The van der Waals surface area contributed by atoms with Crippen LogP contribution in [0, 0.1) is 0 Å². The molecule has 0 aromatic carbocycles. The van der Waals surface area contributed by atoms with E-state index in [4.69, 9.17) is 0 Å². The molecule has 1 aromatic heterocycles. The highest BCUT2D eigenvalue weighted by Crippen LogP contribution is 2.18. The molecule has 17 heavy (non-hydrogen) atoms. The van der Waals surface area contributed by atoms with E-state index in [1.165, 1.54) is 6.42 Å². The average molecular weight is 236 g/mol. The third-order valence-corrected chi connectivity index (χ3v) is 3.30. The summed E-state index contributed by atoms with van der Waals surface area (Å²) >= 11 is 0. The van der Waals surface area contributed by atoms with Crippen molar-refractivity contribution in [2.24, 2.45) is 0 Å². The SMILES string of the molecule is CC(C)c1nc(C(=O)N2CCCCC2C)n[nH]1. The van der Waals surface area contributed by atoms with Crippen LogP contribution in [0.3, 0.4) is 0 Å². The molecule has 5 heteroatoms. The molecule has 0 radical (unpaired) electrons. The molecule has 0 saturated carbocycles. The van der Waals surface area contributed by atoms with Crippen LogP contribution in [0.2, 0.25) is 0 Å². The largest absolute Gasteiger partial charge is 0.333 e. The van der Waals surface area contributed by atoms with Crippen LogP contribution in [0.1, 0.15) is 62.4 Å². The number of H-pyrrole nitrogens is 1. The number of hydrogen-bond donors (Lipinski definition) is 1. The molecule has 1 fully saturated rings. The Bertz CT molecular complexity index is 399. The first-order chi connectivity index (χ1) is 8.09. The van der Waals surface area contributed by atoms with Crippen molar-refractivity contribution in [3.05, 3.63) is 11.6 Å². The molecule has 1 amide bonds. The van der Waals surface area contributed by atoms with Crippen molar-refractivity contribution < 1.29 is 4.79 Å². The van der Waals surface area contributed by atoms with Gasteiger partial charge in [0, 0.05) is 18.5 Å². The first-order valence-electron chi connectivity index (χ1n) is 6.33. The Labute approximate surface area is 102 Å². The fraction of sp³-hybridized carbons (Fsp3) is 0.750. The van der Waals surface area contributed by atoms with E-state index in [0.717, 1.165) is 25.2 Å². The molecule has 0 spiro atoms. The minimum atomic E-state index is -0.0413. The standard InChI is InChI=1S/C12H20N4O/c1-8(2)10-13-11(15-14-10)12(17)16-7-5-4-6-9(16)3/h8-9H,4-7H2,1-3H3,(H,13,14,15). The Kier molecular flexibility index (Phi) is 3.45. The minimum absolute atomic E-state index is 0.0413. The maximum absolute atomic E-state index is 12.2. The summed E-state index contributed by atoms with van der Waals surface area (Å²) in [5.41, 5.74) is 0. The van der Waals surface area contributed by atoms with Gasteiger partial charge in [-0.05, 0) is 26.2 Å². The summed E-state index contributed by atoms with van der Waals surface area (Å²) in [6, 6.07) is 0.303. The maximum Gasteiger partial charge on any atom is 0.293 e. The molecule has 1 unspecified atom stereocenters. The molecular formula is C12H20N4O. The Balaban J connectivity index is 2.12. The molecule has 2 heterocycles. The Morgan fingerprint density at radius 3 is 2.82 bits per heavy atom. The number of amides is 1. The van der Waals surface area contributed by atoms with E-state index >= 15 is 0 Å². The quantitative estimate of drug-likeness (QED) is 0.853. The number of rotatable bonds is 2. The summed E-state index contributed by atoms with van der Waals surface area (Å²) in [6.45, 7) is 6.97. The number of carbonyl (C=O) groups is 1. The van der Waals surface area contributed by atoms with Crippen molar-refractivity contribution in [1.29, 1.82) is 0 Å². The smallest absolute Gasteiger partial charge is 0.293 e. The summed E-state index contributed by atoms with van der Waals surface area (Å²) in [6.07, 6.45) is 3.36. The summed E-state index contributed by atoms with van der Waals surface area (Å²) in [4.78, 5) is 18.4. The Morgan fingerprint density at radius 2 is 2.24 bits per heavy atom. The minimum Gasteiger partial charge on any atom is -0.333 e. The summed E-state index contributed by atoms with van der Waals surface area (Å²) in [5, 5.41) is 6.85. The summed E-state index contributed by atoms with van der Waals surface area (Å²) in [7, 11) is 0. The zero-order valence-corrected chi connectivity index (χ0v) is 10.7. The van der Waals surface area contributed by atoms with Crippen molar-refractivity contribution in [2.75, 3.05) is 6.54 Å². The van der Waals surface area contributed by atoms with E-state index in [9.17, 15) is 4.79 Å². The number of aromatic amines is 1. The molecule has 94 valence electrons. The molecule has 1 saturated heterocycles. The van der Waals surface area contributed by atoms with Gasteiger partial charge in [0.25, 0.3) is 5.91 Å². The zero-order chi connectivity index (χ0) is 12.4. The lowest BCUT2D eigenvalue weighted by molar-refractivity contribution is 0.0623. The van der Waals surface area contributed by atoms with Crippen molar-refractivity contribution in [2.45, 2.75) is 52.0 Å². The number of nitrogens with zero attached hydrogens (tertiary/aromatic N) is 3. The molecule has 1 aromatic rings. The number of nitrogens with one attached hydrogen (secondary N) is 1. The Morgan fingerprint density at radius 1 is 1.47 bits per heavy atom. The van der Waals surface area contributed by atoms with Crippen LogP contribution in [0.4, 0.5) is 0 Å². The lowest BCUT2D eigenvalue weighted by atomic mass is 10.0. The zero-order valence-electron chi connectivity index (χ0n) is 10.7. The highest BCUT2D eigenvalue weighted by molar-refractivity contribution is 5.90. The predicted molar refractivity (Wildman–Crippen MR) is 64.8 cm³/mol. The normalized spacial score (nSPS) is 20.9. The van der Waals surface area contributed by atoms with Gasteiger partial charge < -0.3 is 4.90 Å². The van der Waals surface area contributed by atoms with Crippen LogP contribution < -0.4 is 0 Å². The van der Waals surface area contributed by atoms with Crippen LogP contribution in [0.25, 0.3) is 0 Å². The first-order valence-corrected chi connectivity index (χ1v) is 6.33. The highest BCUT2D eigenvalue weighted by Gasteiger charge is 2.27. The van der Waals surface area contributed by atoms with Crippen LogP contribution in [0.5, 0.6) is 0 Å². The molecular weight excluding hydrogens is 216 g/mol. The van der Waals surface area contributed by atoms with Crippen LogP contribution in [-0.4, -0.2) is 38.6 Å². The predicted octanol–water partition coefficient (Wildman–Crippen LogP) is 1.94. The third kappa shape index (κ3) is 2.48. The first kappa shape index (κ1) is 12.1. The van der Waals surface area contributed by atoms with E-state index in [1.54, 1.807) is 0 Å². The van der Waals surface area contributed by atoms with Crippen LogP contribution >= 0.6 is 0 Å². The number of aromatic nitrogens is 3. The Hall–Kier alpha value is -1.39. The van der Waals surface area contributed by atoms with Gasteiger partial charge in [-0.15, -0.1) is 5.10 Å². The topological polar surface area (TPSA) is 61.9 Å². The lowest BCUT2D eigenvalue weighted by Gasteiger charge is -2.32. The fourth-order valence-corrected chi connectivity index (χ4v) is 2.16. The average Bonchev–Trinajstić information content (AvgIpc) is 2.78. The molecule has 5 nitrogen and oxygen atoms in total. The molecule has 1 aliphatic heterocycles. The van der Waals surface area contributed by atoms with Crippen molar-refractivity contribution in [1.82, 2.24) is 20.1 Å². The van der Waals surface area contributed by atoms with Gasteiger partial charge in [0.05, 0.1) is 0 Å². The lowest BCUT2D eigenvalue weighted by Crippen LogP contribution is -2.42. The van der Waals surface area contributed by atoms with Gasteiger partial charge in [-0.2, -0.15) is 0 Å². The third-order valence-electron chi connectivity index (χ3n) is 3.30. The van der Waals surface area contributed by atoms with E-state index in [-0.39, 0.29) is 11.8 Å². The molecule has 1 atom stereocenters. The van der Waals surface area contributed by atoms with Gasteiger partial charge in [-0.3, -0.25) is 9.89 Å². The van der Waals surface area contributed by atoms with Crippen molar-refractivity contribution in [3.8, 4) is 0 Å². The van der Waals surface area contributed by atoms with Gasteiger partial charge in [0.1, 0.15) is 5.82 Å². The van der Waals surface area contributed by atoms with E-state index < -0.39 is 0 Å². The van der Waals surface area contributed by atoms with Crippen LogP contribution in [0.15, 0.2) is 0 Å². The highest BCUT2D eigenvalue weighted by atomic mass is 16.2. The number of carbonyl (C=O) groups excluding carboxylic acids is 1. The van der Waals surface area contributed by atoms with Crippen molar-refractivity contribution in [3.63, 3.8) is 0 Å². The second-order valence-corrected chi connectivity index (χ2v) is 5.04. The second-order valence-electron chi connectivity index (χ2n) is 5.04. The number of hydrogen-bond acceptors (Lipinski definition) is 3. The maximum atomic E-state index is 12.2. The number of likely N-dealkylation sites (tertiary alicyclic amines) is 1. The van der Waals surface area contributed by atoms with Gasteiger partial charge in [0.15, 0.2) is 0 Å². The van der Waals surface area contributed by atoms with E-state index in [2.05, 4.69) is 22.1 Å². The van der Waals surface area contributed by atoms with Gasteiger partial charge >= 0.3 is 0 Å². The molecule has 1 aliphatic rings. The molecule has 2 rings (SSSR count). The molecule has 1 N–H and O–H groups in total. The van der Waals surface area contributed by atoms with Gasteiger partial charge in [-0.1, -0.05) is 13.8 Å². The van der Waals surface area contributed by atoms with Gasteiger partial charge in [0.2, 0.25) is 5.82 Å². The van der Waals surface area contributed by atoms with Crippen molar-refractivity contribution >= 4 is 5.91 Å². The van der Waals surface area contributed by atoms with Gasteiger partial charge in [-0.25, -0.2) is 4.98 Å². The summed E-state index contributed by atoms with van der Waals surface area (Å²) in [5.74, 6) is 1.31.